The molecule has 0 aliphatic carbocycles. The Morgan fingerprint density at radius 1 is 1.32 bits per heavy atom. The summed E-state index contributed by atoms with van der Waals surface area (Å²) < 4.78 is 0. The molecule has 7 heteroatoms. The van der Waals surface area contributed by atoms with Crippen LogP contribution in [0.1, 0.15) is 5.56 Å². The SMILES string of the molecule is O=[N+]([O-])c1ccc(Cl)c(NC(=S)N2CCc3ccccc32)c1. The summed E-state index contributed by atoms with van der Waals surface area (Å²) in [5.74, 6) is 0. The van der Waals surface area contributed by atoms with E-state index in [0.29, 0.717) is 15.8 Å². The van der Waals surface area contributed by atoms with Gasteiger partial charge in [-0.25, -0.2) is 0 Å². The zero-order chi connectivity index (χ0) is 15.7. The zero-order valence-corrected chi connectivity index (χ0v) is 13.0. The fraction of sp³-hybridized carbons (Fsp3) is 0.133. The molecule has 1 N–H and O–H groups in total. The molecule has 22 heavy (non-hydrogen) atoms. The largest absolute Gasteiger partial charge is 0.331 e. The Labute approximate surface area is 137 Å². The van der Waals surface area contributed by atoms with Gasteiger partial charge in [0.1, 0.15) is 0 Å². The van der Waals surface area contributed by atoms with Crippen LogP contribution in [-0.2, 0) is 6.42 Å². The Kier molecular flexibility index (Phi) is 3.96. The molecule has 0 bridgehead atoms. The maximum Gasteiger partial charge on any atom is 0.271 e. The standard InChI is InChI=1S/C15H12ClN3O2S/c16-12-6-5-11(19(20)21)9-13(12)17-15(22)18-8-7-10-3-1-2-4-14(10)18/h1-6,9H,7-8H2,(H,17,22). The lowest BCUT2D eigenvalue weighted by molar-refractivity contribution is -0.384. The summed E-state index contributed by atoms with van der Waals surface area (Å²) in [7, 11) is 0. The third kappa shape index (κ3) is 2.75. The van der Waals surface area contributed by atoms with Crippen molar-refractivity contribution >= 4 is 46.0 Å². The smallest absolute Gasteiger partial charge is 0.271 e. The highest BCUT2D eigenvalue weighted by Gasteiger charge is 2.22. The Bertz CT molecular complexity index is 766. The van der Waals surface area contributed by atoms with Gasteiger partial charge < -0.3 is 10.2 Å². The van der Waals surface area contributed by atoms with Crippen molar-refractivity contribution < 1.29 is 4.92 Å². The second kappa shape index (κ2) is 5.90. The zero-order valence-electron chi connectivity index (χ0n) is 11.5. The highest BCUT2D eigenvalue weighted by Crippen LogP contribution is 2.30. The van der Waals surface area contributed by atoms with Gasteiger partial charge in [0.25, 0.3) is 5.69 Å². The minimum absolute atomic E-state index is 0.0310. The lowest BCUT2D eigenvalue weighted by Gasteiger charge is -2.21. The predicted octanol–water partition coefficient (Wildman–Crippen LogP) is 4.01. The van der Waals surface area contributed by atoms with Gasteiger partial charge in [-0.2, -0.15) is 0 Å². The van der Waals surface area contributed by atoms with Gasteiger partial charge in [0.05, 0.1) is 15.6 Å². The maximum atomic E-state index is 10.9. The van der Waals surface area contributed by atoms with E-state index in [1.165, 1.54) is 23.8 Å². The maximum absolute atomic E-state index is 10.9. The van der Waals surface area contributed by atoms with Crippen LogP contribution in [0.3, 0.4) is 0 Å². The molecular formula is C15H12ClN3O2S. The van der Waals surface area contributed by atoms with Crippen molar-refractivity contribution in [1.29, 1.82) is 0 Å². The molecule has 0 unspecified atom stereocenters. The third-order valence-electron chi connectivity index (χ3n) is 3.53. The molecule has 112 valence electrons. The van der Waals surface area contributed by atoms with E-state index in [-0.39, 0.29) is 5.69 Å². The predicted molar refractivity (Wildman–Crippen MR) is 91.8 cm³/mol. The van der Waals surface area contributed by atoms with E-state index in [2.05, 4.69) is 11.4 Å². The van der Waals surface area contributed by atoms with Crippen LogP contribution in [0.4, 0.5) is 17.1 Å². The van der Waals surface area contributed by atoms with Crippen LogP contribution in [0.5, 0.6) is 0 Å². The lowest BCUT2D eigenvalue weighted by atomic mass is 10.2. The Morgan fingerprint density at radius 2 is 2.09 bits per heavy atom. The average Bonchev–Trinajstić information content (AvgIpc) is 2.93. The van der Waals surface area contributed by atoms with E-state index in [1.807, 2.05) is 23.1 Å². The summed E-state index contributed by atoms with van der Waals surface area (Å²) in [6.45, 7) is 0.776. The van der Waals surface area contributed by atoms with Crippen molar-refractivity contribution in [2.45, 2.75) is 6.42 Å². The van der Waals surface area contributed by atoms with Crippen LogP contribution in [0, 0.1) is 10.1 Å². The number of fused-ring (bicyclic) bond motifs is 1. The first kappa shape index (κ1) is 14.7. The second-order valence-electron chi connectivity index (χ2n) is 4.88. The Hall–Kier alpha value is -2.18. The number of thiocarbonyl (C=S) groups is 1. The van der Waals surface area contributed by atoms with Crippen LogP contribution in [0.15, 0.2) is 42.5 Å². The molecule has 2 aromatic rings. The quantitative estimate of drug-likeness (QED) is 0.511. The number of halogens is 1. The Morgan fingerprint density at radius 3 is 2.86 bits per heavy atom. The summed E-state index contributed by atoms with van der Waals surface area (Å²) in [5.41, 5.74) is 2.69. The molecule has 0 aromatic heterocycles. The van der Waals surface area contributed by atoms with Crippen molar-refractivity contribution in [3.05, 3.63) is 63.2 Å². The van der Waals surface area contributed by atoms with Crippen LogP contribution in [-0.4, -0.2) is 16.6 Å². The van der Waals surface area contributed by atoms with Crippen molar-refractivity contribution in [3.63, 3.8) is 0 Å². The molecule has 0 spiro atoms. The van der Waals surface area contributed by atoms with Crippen LogP contribution in [0.25, 0.3) is 0 Å². The molecule has 2 aromatic carbocycles. The third-order valence-corrected chi connectivity index (χ3v) is 4.19. The average molecular weight is 334 g/mol. The minimum atomic E-state index is -0.463. The number of para-hydroxylation sites is 1. The van der Waals surface area contributed by atoms with E-state index < -0.39 is 4.92 Å². The number of non-ortho nitro benzene ring substituents is 1. The first-order chi connectivity index (χ1) is 10.6. The normalized spacial score (nSPS) is 12.9. The molecule has 5 nitrogen and oxygen atoms in total. The number of nitrogens with zero attached hydrogens (tertiary/aromatic N) is 2. The highest BCUT2D eigenvalue weighted by molar-refractivity contribution is 7.80. The molecule has 1 aliphatic heterocycles. The van der Waals surface area contributed by atoms with Crippen molar-refractivity contribution in [1.82, 2.24) is 0 Å². The van der Waals surface area contributed by atoms with Crippen LogP contribution < -0.4 is 10.2 Å². The number of nitro groups is 1. The molecule has 0 atom stereocenters. The molecule has 0 amide bonds. The van der Waals surface area contributed by atoms with Gasteiger partial charge in [0.2, 0.25) is 0 Å². The molecule has 1 aliphatic rings. The first-order valence-corrected chi connectivity index (χ1v) is 7.45. The first-order valence-electron chi connectivity index (χ1n) is 6.66. The number of nitrogens with one attached hydrogen (secondary N) is 1. The molecule has 0 radical (unpaired) electrons. The molecule has 0 saturated carbocycles. The highest BCUT2D eigenvalue weighted by atomic mass is 35.5. The topological polar surface area (TPSA) is 58.4 Å². The monoisotopic (exact) mass is 333 g/mol. The summed E-state index contributed by atoms with van der Waals surface area (Å²) in [6, 6.07) is 12.3. The summed E-state index contributed by atoms with van der Waals surface area (Å²) in [5, 5.41) is 14.7. The number of rotatable bonds is 2. The van der Waals surface area contributed by atoms with E-state index in [0.717, 1.165) is 18.7 Å². The molecule has 1 heterocycles. The van der Waals surface area contributed by atoms with Crippen molar-refractivity contribution in [2.24, 2.45) is 0 Å². The van der Waals surface area contributed by atoms with Crippen molar-refractivity contribution in [2.75, 3.05) is 16.8 Å². The Balaban J connectivity index is 1.84. The minimum Gasteiger partial charge on any atom is -0.331 e. The van der Waals surface area contributed by atoms with Gasteiger partial charge in [-0.05, 0) is 36.3 Å². The molecule has 3 rings (SSSR count). The van der Waals surface area contributed by atoms with Gasteiger partial charge in [-0.15, -0.1) is 0 Å². The van der Waals surface area contributed by atoms with Crippen LogP contribution >= 0.6 is 23.8 Å². The van der Waals surface area contributed by atoms with Gasteiger partial charge >= 0.3 is 0 Å². The summed E-state index contributed by atoms with van der Waals surface area (Å²) in [4.78, 5) is 12.4. The van der Waals surface area contributed by atoms with Gasteiger partial charge in [-0.1, -0.05) is 29.8 Å². The number of nitro benzene ring substituents is 1. The summed E-state index contributed by atoms with van der Waals surface area (Å²) in [6.07, 6.45) is 0.917. The summed E-state index contributed by atoms with van der Waals surface area (Å²) >= 11 is 11.5. The van der Waals surface area contributed by atoms with E-state index in [1.54, 1.807) is 0 Å². The van der Waals surface area contributed by atoms with E-state index in [4.69, 9.17) is 23.8 Å². The number of hydrogen-bond donors (Lipinski definition) is 1. The number of benzene rings is 2. The van der Waals surface area contributed by atoms with E-state index in [9.17, 15) is 10.1 Å². The van der Waals surface area contributed by atoms with Crippen LogP contribution in [0.2, 0.25) is 5.02 Å². The molecule has 0 saturated heterocycles. The van der Waals surface area contributed by atoms with Gasteiger partial charge in [0, 0.05) is 24.4 Å². The van der Waals surface area contributed by atoms with Gasteiger partial charge in [0.15, 0.2) is 5.11 Å². The molecular weight excluding hydrogens is 322 g/mol. The number of anilines is 2. The fourth-order valence-electron chi connectivity index (χ4n) is 2.45. The van der Waals surface area contributed by atoms with Gasteiger partial charge in [-0.3, -0.25) is 10.1 Å². The number of hydrogen-bond acceptors (Lipinski definition) is 3. The van der Waals surface area contributed by atoms with Crippen molar-refractivity contribution in [3.8, 4) is 0 Å². The fourth-order valence-corrected chi connectivity index (χ4v) is 2.92. The molecule has 0 fully saturated rings. The van der Waals surface area contributed by atoms with E-state index >= 15 is 0 Å². The second-order valence-corrected chi connectivity index (χ2v) is 5.68. The lowest BCUT2D eigenvalue weighted by Crippen LogP contribution is -2.33.